The second-order valence-electron chi connectivity index (χ2n) is 6.23. The zero-order chi connectivity index (χ0) is 15.9. The van der Waals surface area contributed by atoms with Crippen LogP contribution in [0.1, 0.15) is 52.1 Å². The Morgan fingerprint density at radius 2 is 1.86 bits per heavy atom. The van der Waals surface area contributed by atoms with E-state index in [2.05, 4.69) is 38.3 Å². The number of benzene rings is 1. The Labute approximate surface area is 128 Å². The highest BCUT2D eigenvalue weighted by atomic mass is 16.5. The van der Waals surface area contributed by atoms with Crippen LogP contribution in [0.3, 0.4) is 0 Å². The number of methoxy groups -OCH3 is 1. The van der Waals surface area contributed by atoms with Crippen LogP contribution in [0.5, 0.6) is 5.75 Å². The van der Waals surface area contributed by atoms with E-state index < -0.39 is 0 Å². The van der Waals surface area contributed by atoms with E-state index in [1.165, 1.54) is 0 Å². The van der Waals surface area contributed by atoms with Crippen molar-refractivity contribution in [1.82, 2.24) is 10.6 Å². The fourth-order valence-electron chi connectivity index (χ4n) is 2.07. The maximum atomic E-state index is 12.0. The minimum absolute atomic E-state index is 0.0421. The fraction of sp³-hybridized carbons (Fsp3) is 0.588. The van der Waals surface area contributed by atoms with Crippen LogP contribution < -0.4 is 15.4 Å². The van der Waals surface area contributed by atoms with Gasteiger partial charge in [0.15, 0.2) is 0 Å². The van der Waals surface area contributed by atoms with Crippen molar-refractivity contribution in [2.45, 2.75) is 52.1 Å². The van der Waals surface area contributed by atoms with Crippen LogP contribution in [0.4, 0.5) is 0 Å². The van der Waals surface area contributed by atoms with Crippen molar-refractivity contribution in [3.63, 3.8) is 0 Å². The summed E-state index contributed by atoms with van der Waals surface area (Å²) in [5, 5.41) is 6.41. The van der Waals surface area contributed by atoms with Crippen molar-refractivity contribution < 1.29 is 9.53 Å². The molecule has 4 heteroatoms. The molecule has 0 aliphatic rings. The van der Waals surface area contributed by atoms with Crippen molar-refractivity contribution in [1.29, 1.82) is 0 Å². The first-order valence-corrected chi connectivity index (χ1v) is 7.54. The van der Waals surface area contributed by atoms with Gasteiger partial charge in [-0.2, -0.15) is 0 Å². The summed E-state index contributed by atoms with van der Waals surface area (Å²) in [6, 6.07) is 7.90. The molecule has 1 rings (SSSR count). The Morgan fingerprint density at radius 3 is 2.33 bits per heavy atom. The van der Waals surface area contributed by atoms with Gasteiger partial charge in [0.2, 0.25) is 5.91 Å². The monoisotopic (exact) mass is 292 g/mol. The lowest BCUT2D eigenvalue weighted by Crippen LogP contribution is -2.39. The molecule has 1 amide bonds. The molecule has 21 heavy (non-hydrogen) atoms. The van der Waals surface area contributed by atoms with E-state index >= 15 is 0 Å². The molecule has 118 valence electrons. The lowest BCUT2D eigenvalue weighted by atomic mass is 10.0. The lowest BCUT2D eigenvalue weighted by Gasteiger charge is -2.21. The van der Waals surface area contributed by atoms with Crippen molar-refractivity contribution >= 4 is 5.91 Å². The summed E-state index contributed by atoms with van der Waals surface area (Å²) in [5.74, 6) is 0.906. The van der Waals surface area contributed by atoms with Crippen LogP contribution in [-0.2, 0) is 4.79 Å². The molecule has 0 saturated heterocycles. The third kappa shape index (κ3) is 6.63. The average molecular weight is 292 g/mol. The van der Waals surface area contributed by atoms with E-state index in [0.717, 1.165) is 17.7 Å². The molecule has 1 atom stereocenters. The van der Waals surface area contributed by atoms with Crippen molar-refractivity contribution in [2.75, 3.05) is 13.7 Å². The van der Waals surface area contributed by atoms with E-state index in [-0.39, 0.29) is 17.5 Å². The van der Waals surface area contributed by atoms with Gasteiger partial charge in [0.25, 0.3) is 0 Å². The van der Waals surface area contributed by atoms with Crippen LogP contribution in [0.15, 0.2) is 24.3 Å². The summed E-state index contributed by atoms with van der Waals surface area (Å²) >= 11 is 0. The predicted molar refractivity (Wildman–Crippen MR) is 86.5 cm³/mol. The van der Waals surface area contributed by atoms with Gasteiger partial charge in [0, 0.05) is 18.5 Å². The van der Waals surface area contributed by atoms with Gasteiger partial charge in [-0.3, -0.25) is 4.79 Å². The highest BCUT2D eigenvalue weighted by Gasteiger charge is 2.14. The second kappa shape index (κ2) is 8.03. The van der Waals surface area contributed by atoms with Gasteiger partial charge in [-0.1, -0.05) is 19.1 Å². The lowest BCUT2D eigenvalue weighted by molar-refractivity contribution is -0.121. The Morgan fingerprint density at radius 1 is 1.24 bits per heavy atom. The van der Waals surface area contributed by atoms with Crippen LogP contribution in [0, 0.1) is 0 Å². The van der Waals surface area contributed by atoms with Gasteiger partial charge in [0.05, 0.1) is 13.2 Å². The number of amides is 1. The highest BCUT2D eigenvalue weighted by Crippen LogP contribution is 2.20. The fourth-order valence-corrected chi connectivity index (χ4v) is 2.07. The average Bonchev–Trinajstić information content (AvgIpc) is 2.43. The number of hydrogen-bond acceptors (Lipinski definition) is 3. The first-order chi connectivity index (χ1) is 9.85. The van der Waals surface area contributed by atoms with Gasteiger partial charge in [-0.25, -0.2) is 0 Å². The Balaban J connectivity index is 2.50. The Bertz CT molecular complexity index is 435. The number of hydrogen-bond donors (Lipinski definition) is 2. The molecule has 0 heterocycles. The van der Waals surface area contributed by atoms with Crippen LogP contribution in [0.25, 0.3) is 0 Å². The summed E-state index contributed by atoms with van der Waals surface area (Å²) < 4.78 is 5.15. The zero-order valence-corrected chi connectivity index (χ0v) is 13.8. The summed E-state index contributed by atoms with van der Waals surface area (Å²) in [6.45, 7) is 9.04. The molecule has 4 nitrogen and oxygen atoms in total. The highest BCUT2D eigenvalue weighted by molar-refractivity contribution is 5.76. The molecule has 2 N–H and O–H groups in total. The Kier molecular flexibility index (Phi) is 6.69. The normalized spacial score (nSPS) is 12.8. The molecule has 0 fully saturated rings. The maximum Gasteiger partial charge on any atom is 0.221 e. The summed E-state index contributed by atoms with van der Waals surface area (Å²) in [4.78, 5) is 12.0. The summed E-state index contributed by atoms with van der Waals surface area (Å²) in [6.07, 6.45) is 1.36. The minimum atomic E-state index is 0.0421. The number of rotatable bonds is 7. The predicted octanol–water partition coefficient (Wildman–Crippen LogP) is 3.04. The van der Waals surface area contributed by atoms with E-state index in [9.17, 15) is 4.79 Å². The molecular weight excluding hydrogens is 264 g/mol. The molecule has 1 aromatic rings. The molecule has 0 radical (unpaired) electrons. The third-order valence-electron chi connectivity index (χ3n) is 3.27. The largest absolute Gasteiger partial charge is 0.497 e. The molecule has 0 saturated carbocycles. The molecule has 1 unspecified atom stereocenters. The van der Waals surface area contributed by atoms with Gasteiger partial charge in [-0.05, 0) is 44.9 Å². The topological polar surface area (TPSA) is 50.4 Å². The van der Waals surface area contributed by atoms with E-state index in [1.807, 2.05) is 24.3 Å². The van der Waals surface area contributed by atoms with Gasteiger partial charge in [0.1, 0.15) is 5.75 Å². The number of ether oxygens (including phenoxy) is 1. The number of carbonyl (C=O) groups is 1. The summed E-state index contributed by atoms with van der Waals surface area (Å²) in [7, 11) is 1.65. The van der Waals surface area contributed by atoms with Crippen LogP contribution >= 0.6 is 0 Å². The molecule has 0 bridgehead atoms. The van der Waals surface area contributed by atoms with Crippen LogP contribution in [-0.4, -0.2) is 25.1 Å². The second-order valence-corrected chi connectivity index (χ2v) is 6.23. The van der Waals surface area contributed by atoms with E-state index in [0.29, 0.717) is 13.0 Å². The third-order valence-corrected chi connectivity index (χ3v) is 3.27. The first kappa shape index (κ1) is 17.5. The van der Waals surface area contributed by atoms with E-state index in [1.54, 1.807) is 7.11 Å². The SMILES string of the molecule is CCC(NC(=O)CCNC(C)(C)C)c1ccc(OC)cc1. The Hall–Kier alpha value is -1.55. The molecule has 0 aromatic heterocycles. The quantitative estimate of drug-likeness (QED) is 0.812. The van der Waals surface area contributed by atoms with Gasteiger partial charge >= 0.3 is 0 Å². The molecule has 0 aliphatic heterocycles. The summed E-state index contributed by atoms with van der Waals surface area (Å²) in [5.41, 5.74) is 1.15. The van der Waals surface area contributed by atoms with Gasteiger partial charge < -0.3 is 15.4 Å². The van der Waals surface area contributed by atoms with E-state index in [4.69, 9.17) is 4.74 Å². The number of carbonyl (C=O) groups excluding carboxylic acids is 1. The van der Waals surface area contributed by atoms with Crippen molar-refractivity contribution in [3.8, 4) is 5.75 Å². The van der Waals surface area contributed by atoms with Crippen molar-refractivity contribution in [3.05, 3.63) is 29.8 Å². The zero-order valence-electron chi connectivity index (χ0n) is 13.8. The molecule has 0 spiro atoms. The maximum absolute atomic E-state index is 12.0. The molecule has 1 aromatic carbocycles. The smallest absolute Gasteiger partial charge is 0.221 e. The molecular formula is C17H28N2O2. The van der Waals surface area contributed by atoms with Crippen LogP contribution in [0.2, 0.25) is 0 Å². The first-order valence-electron chi connectivity index (χ1n) is 7.54. The van der Waals surface area contributed by atoms with Gasteiger partial charge in [-0.15, -0.1) is 0 Å². The minimum Gasteiger partial charge on any atom is -0.497 e. The standard InChI is InChI=1S/C17H28N2O2/c1-6-15(13-7-9-14(21-5)10-8-13)19-16(20)11-12-18-17(2,3)4/h7-10,15,18H,6,11-12H2,1-5H3,(H,19,20). The number of nitrogens with one attached hydrogen (secondary N) is 2. The van der Waals surface area contributed by atoms with Crippen molar-refractivity contribution in [2.24, 2.45) is 0 Å². The molecule has 0 aliphatic carbocycles.